The second-order valence-corrected chi connectivity index (χ2v) is 12.6. The van der Waals surface area contributed by atoms with Gasteiger partial charge >= 0.3 is 6.09 Å². The molecule has 16 heteroatoms. The summed E-state index contributed by atoms with van der Waals surface area (Å²) in [4.78, 5) is 85.1. The Morgan fingerprint density at radius 1 is 1.02 bits per heavy atom. The van der Waals surface area contributed by atoms with Crippen molar-refractivity contribution in [1.82, 2.24) is 41.5 Å². The van der Waals surface area contributed by atoms with Crippen molar-refractivity contribution < 1.29 is 33.5 Å². The molecule has 0 aromatic carbocycles. The minimum Gasteiger partial charge on any atom is -0.447 e. The van der Waals surface area contributed by atoms with Gasteiger partial charge in [-0.05, 0) is 57.7 Å². The predicted octanol–water partition coefficient (Wildman–Crippen LogP) is -0.513. The highest BCUT2D eigenvalue weighted by molar-refractivity contribution is 7.98. The molecule has 0 bridgehead atoms. The van der Waals surface area contributed by atoms with Crippen LogP contribution in [0.4, 0.5) is 4.79 Å². The van der Waals surface area contributed by atoms with Gasteiger partial charge in [0.1, 0.15) is 30.5 Å². The van der Waals surface area contributed by atoms with Crippen molar-refractivity contribution in [2.24, 2.45) is 5.41 Å². The van der Waals surface area contributed by atoms with Crippen molar-refractivity contribution in [2.75, 3.05) is 51.3 Å². The summed E-state index contributed by atoms with van der Waals surface area (Å²) in [5.74, 6) is -2.03. The molecule has 2 aliphatic rings. The van der Waals surface area contributed by atoms with Gasteiger partial charge in [0.2, 0.25) is 23.6 Å². The van der Waals surface area contributed by atoms with Crippen LogP contribution in [-0.4, -0.2) is 120 Å². The highest BCUT2D eigenvalue weighted by atomic mass is 32.2. The van der Waals surface area contributed by atoms with Crippen LogP contribution in [0, 0.1) is 5.41 Å². The molecule has 15 nitrogen and oxygen atoms in total. The van der Waals surface area contributed by atoms with Gasteiger partial charge < -0.3 is 41.2 Å². The van der Waals surface area contributed by atoms with E-state index in [0.29, 0.717) is 31.0 Å². The van der Waals surface area contributed by atoms with Crippen LogP contribution in [0.1, 0.15) is 51.6 Å². The number of nitrogens with one attached hydrogen (secondary N) is 6. The first-order chi connectivity index (χ1) is 21.6. The first kappa shape index (κ1) is 35.8. The van der Waals surface area contributed by atoms with Crippen LogP contribution in [0.2, 0.25) is 0 Å². The first-order valence-corrected chi connectivity index (χ1v) is 16.7. The van der Waals surface area contributed by atoms with E-state index in [1.807, 2.05) is 13.2 Å². The van der Waals surface area contributed by atoms with Crippen LogP contribution in [-0.2, 0) is 35.1 Å². The van der Waals surface area contributed by atoms with E-state index in [1.165, 1.54) is 31.2 Å². The Morgan fingerprint density at radius 2 is 1.71 bits per heavy atom. The Morgan fingerprint density at radius 3 is 2.33 bits per heavy atom. The number of thioether (sulfide) groups is 1. The molecule has 2 aliphatic heterocycles. The number of carbonyl (C=O) groups excluding carboxylic acids is 6. The topological polar surface area (TPSA) is 204 Å². The van der Waals surface area contributed by atoms with E-state index >= 15 is 0 Å². The lowest BCUT2D eigenvalue weighted by Crippen LogP contribution is -2.62. The number of imidazole rings is 1. The number of ether oxygens (including phenoxy) is 1. The lowest BCUT2D eigenvalue weighted by Gasteiger charge is -2.51. The van der Waals surface area contributed by atoms with Gasteiger partial charge in [-0.3, -0.25) is 24.0 Å². The van der Waals surface area contributed by atoms with E-state index in [0.717, 1.165) is 25.9 Å². The summed E-state index contributed by atoms with van der Waals surface area (Å²) in [6, 6.07) is -3.43. The van der Waals surface area contributed by atoms with Gasteiger partial charge in [0.05, 0.1) is 12.9 Å². The van der Waals surface area contributed by atoms with Gasteiger partial charge in [-0.2, -0.15) is 11.8 Å². The molecular formula is C29H46N8O7S. The fourth-order valence-electron chi connectivity index (χ4n) is 5.30. The first-order valence-electron chi connectivity index (χ1n) is 15.3. The second-order valence-electron chi connectivity index (χ2n) is 11.7. The van der Waals surface area contributed by atoms with E-state index in [2.05, 4.69) is 36.6 Å². The summed E-state index contributed by atoms with van der Waals surface area (Å²) >= 11 is 1.47. The molecule has 1 aromatic heterocycles. The quantitative estimate of drug-likeness (QED) is 0.127. The third-order valence-corrected chi connectivity index (χ3v) is 8.49. The number of piperidine rings is 1. The van der Waals surface area contributed by atoms with Crippen LogP contribution in [0.15, 0.2) is 12.5 Å². The molecule has 3 atom stereocenters. The molecule has 0 saturated carbocycles. The molecule has 2 saturated heterocycles. The number of hydrogen-bond donors (Lipinski definition) is 6. The average molecular weight is 651 g/mol. The molecule has 5 amide bonds. The maximum atomic E-state index is 13.6. The Balaban J connectivity index is 1.73. The smallest absolute Gasteiger partial charge is 0.409 e. The Hall–Kier alpha value is -3.66. The number of Topliss-reactive ketones (excluding diaryl/α,β-unsaturated/α-hetero) is 1. The van der Waals surface area contributed by atoms with E-state index in [-0.39, 0.29) is 42.9 Å². The number of ketones is 1. The van der Waals surface area contributed by atoms with E-state index in [4.69, 9.17) is 4.74 Å². The van der Waals surface area contributed by atoms with Crippen LogP contribution in [0.5, 0.6) is 0 Å². The van der Waals surface area contributed by atoms with Crippen molar-refractivity contribution in [1.29, 1.82) is 0 Å². The number of aromatic nitrogens is 2. The molecule has 0 aliphatic carbocycles. The van der Waals surface area contributed by atoms with Crippen molar-refractivity contribution in [3.8, 4) is 0 Å². The molecule has 2 fully saturated rings. The van der Waals surface area contributed by atoms with Crippen molar-refractivity contribution >= 4 is 47.3 Å². The van der Waals surface area contributed by atoms with Crippen LogP contribution in [0.3, 0.4) is 0 Å². The van der Waals surface area contributed by atoms with Crippen molar-refractivity contribution in [2.45, 2.75) is 70.5 Å². The standard InChI is InChI=1S/C29H46N8O7S/c1-4-5-24(39)34-22(12-20-14-31-18-33-20)26(41)36-23(15-44-28(43)37-16-29(17-37)7-9-30-10-8-29)27(42)35-21(6-11-45-3)25(40)32-13-19(2)38/h14,18,21-23,30H,4-13,15-17H2,1-3H3,(H,31,33)(H,32,40)(H,34,39)(H,35,42)(H,36,41). The lowest BCUT2D eigenvalue weighted by atomic mass is 9.73. The Kier molecular flexibility index (Phi) is 14.1. The Bertz CT molecular complexity index is 1170. The molecule has 45 heavy (non-hydrogen) atoms. The molecule has 3 rings (SSSR count). The van der Waals surface area contributed by atoms with Gasteiger partial charge in [-0.1, -0.05) is 6.92 Å². The summed E-state index contributed by atoms with van der Waals surface area (Å²) in [5.41, 5.74) is 0.659. The van der Waals surface area contributed by atoms with Crippen molar-refractivity contribution in [3.63, 3.8) is 0 Å². The van der Waals surface area contributed by atoms with E-state index in [9.17, 15) is 28.8 Å². The number of nitrogens with zero attached hydrogens (tertiary/aromatic N) is 2. The van der Waals surface area contributed by atoms with E-state index < -0.39 is 48.5 Å². The van der Waals surface area contributed by atoms with Crippen LogP contribution < -0.4 is 26.6 Å². The maximum Gasteiger partial charge on any atom is 0.409 e. The summed E-state index contributed by atoms with van der Waals surface area (Å²) in [7, 11) is 0. The summed E-state index contributed by atoms with van der Waals surface area (Å²) in [6.45, 7) is 5.38. The van der Waals surface area contributed by atoms with Crippen LogP contribution >= 0.6 is 11.8 Å². The predicted molar refractivity (Wildman–Crippen MR) is 167 cm³/mol. The fourth-order valence-corrected chi connectivity index (χ4v) is 5.77. The number of amides is 5. The zero-order valence-corrected chi connectivity index (χ0v) is 27.1. The monoisotopic (exact) mass is 650 g/mol. The SMILES string of the molecule is CCCC(=O)NC(Cc1cnc[nH]1)C(=O)NC(COC(=O)N1CC2(CCNCC2)C1)C(=O)NC(CCSC)C(=O)NCC(C)=O. The van der Waals surface area contributed by atoms with Crippen molar-refractivity contribution in [3.05, 3.63) is 18.2 Å². The number of rotatable bonds is 17. The summed E-state index contributed by atoms with van der Waals surface area (Å²) in [6.07, 6.45) is 7.25. The van der Waals surface area contributed by atoms with E-state index in [1.54, 1.807) is 4.90 Å². The van der Waals surface area contributed by atoms with Gasteiger partial charge in [0.15, 0.2) is 0 Å². The molecule has 1 spiro atoms. The number of carbonyl (C=O) groups is 6. The largest absolute Gasteiger partial charge is 0.447 e. The summed E-state index contributed by atoms with van der Waals surface area (Å²) < 4.78 is 5.51. The molecule has 250 valence electrons. The fraction of sp³-hybridized carbons (Fsp3) is 0.690. The van der Waals surface area contributed by atoms with Gasteiger partial charge in [0.25, 0.3) is 0 Å². The van der Waals surface area contributed by atoms with Gasteiger partial charge in [-0.15, -0.1) is 0 Å². The number of hydrogen-bond acceptors (Lipinski definition) is 10. The molecule has 6 N–H and O–H groups in total. The second kappa shape index (κ2) is 17.7. The molecular weight excluding hydrogens is 604 g/mol. The maximum absolute atomic E-state index is 13.6. The lowest BCUT2D eigenvalue weighted by molar-refractivity contribution is -0.134. The van der Waals surface area contributed by atoms with Crippen LogP contribution in [0.25, 0.3) is 0 Å². The molecule has 3 unspecified atom stereocenters. The zero-order valence-electron chi connectivity index (χ0n) is 26.2. The third-order valence-electron chi connectivity index (χ3n) is 7.84. The van der Waals surface area contributed by atoms with Gasteiger partial charge in [0, 0.05) is 43.2 Å². The highest BCUT2D eigenvalue weighted by Crippen LogP contribution is 2.38. The molecule has 0 radical (unpaired) electrons. The average Bonchev–Trinajstić information content (AvgIpc) is 3.51. The summed E-state index contributed by atoms with van der Waals surface area (Å²) in [5, 5.41) is 13.8. The minimum absolute atomic E-state index is 0.0730. The number of aromatic amines is 1. The molecule has 1 aromatic rings. The zero-order chi connectivity index (χ0) is 32.8. The number of likely N-dealkylation sites (tertiary alicyclic amines) is 1. The Labute approximate surface area is 267 Å². The minimum atomic E-state index is -1.37. The normalized spacial score (nSPS) is 17.3. The molecule has 3 heterocycles. The third kappa shape index (κ3) is 11.3. The number of H-pyrrole nitrogens is 1. The van der Waals surface area contributed by atoms with Gasteiger partial charge in [-0.25, -0.2) is 9.78 Å². The highest BCUT2D eigenvalue weighted by Gasteiger charge is 2.46.